The molecule has 0 saturated heterocycles. The third-order valence-electron chi connectivity index (χ3n) is 3.32. The first kappa shape index (κ1) is 18.5. The lowest BCUT2D eigenvalue weighted by Crippen LogP contribution is -2.31. The lowest BCUT2D eigenvalue weighted by molar-refractivity contribution is -0.0000289. The molecular weight excluding hydrogens is 375 g/mol. The number of halogens is 1. The lowest BCUT2D eigenvalue weighted by atomic mass is 9.95. The normalized spacial score (nSPS) is 15.1. The van der Waals surface area contributed by atoms with E-state index in [0.29, 0.717) is 18.4 Å². The number of alkyl halides is 1. The van der Waals surface area contributed by atoms with Crippen LogP contribution >= 0.6 is 22.6 Å². The van der Waals surface area contributed by atoms with Crippen LogP contribution in [0.1, 0.15) is 33.3 Å². The van der Waals surface area contributed by atoms with Crippen molar-refractivity contribution in [1.82, 2.24) is 0 Å². The van der Waals surface area contributed by atoms with Crippen LogP contribution in [0.2, 0.25) is 0 Å². The summed E-state index contributed by atoms with van der Waals surface area (Å²) in [6, 6.07) is 10.3. The Labute approximate surface area is 143 Å². The minimum Gasteiger partial charge on any atom is -0.497 e. The van der Waals surface area contributed by atoms with E-state index in [2.05, 4.69) is 62.4 Å². The number of rotatable bonds is 9. The first-order valence-electron chi connectivity index (χ1n) is 7.51. The van der Waals surface area contributed by atoms with E-state index in [1.807, 2.05) is 24.5 Å². The maximum atomic E-state index is 5.97. The van der Waals surface area contributed by atoms with Crippen LogP contribution in [0.5, 0.6) is 0 Å². The van der Waals surface area contributed by atoms with Gasteiger partial charge in [0.2, 0.25) is 0 Å². The van der Waals surface area contributed by atoms with Crippen molar-refractivity contribution < 1.29 is 9.47 Å². The quantitative estimate of drug-likeness (QED) is 0.320. The molecule has 1 aromatic carbocycles. The fourth-order valence-electron chi connectivity index (χ4n) is 2.16. The molecule has 0 bridgehead atoms. The lowest BCUT2D eigenvalue weighted by Gasteiger charge is -2.28. The molecule has 0 aromatic heterocycles. The van der Waals surface area contributed by atoms with Crippen molar-refractivity contribution >= 4 is 22.6 Å². The summed E-state index contributed by atoms with van der Waals surface area (Å²) in [6.07, 6.45) is 2.08. The van der Waals surface area contributed by atoms with Crippen molar-refractivity contribution in [1.29, 1.82) is 0 Å². The molecule has 3 heteroatoms. The highest BCUT2D eigenvalue weighted by atomic mass is 127. The van der Waals surface area contributed by atoms with Gasteiger partial charge in [-0.15, -0.1) is 0 Å². The fourth-order valence-corrected chi connectivity index (χ4v) is 2.66. The molecule has 118 valence electrons. The Morgan fingerprint density at radius 3 is 2.38 bits per heavy atom. The molecular formula is C18H27IO2. The molecule has 0 radical (unpaired) electrons. The van der Waals surface area contributed by atoms with Gasteiger partial charge in [0.15, 0.2) is 0 Å². The third-order valence-corrected chi connectivity index (χ3v) is 4.71. The number of allylic oxidation sites excluding steroid dienone is 1. The number of hydrogen-bond acceptors (Lipinski definition) is 2. The Morgan fingerprint density at radius 1 is 1.14 bits per heavy atom. The first-order chi connectivity index (χ1) is 10.0. The maximum Gasteiger partial charge on any atom is 0.106 e. The van der Waals surface area contributed by atoms with E-state index < -0.39 is 0 Å². The molecule has 1 rings (SSSR count). The van der Waals surface area contributed by atoms with E-state index in [9.17, 15) is 0 Å². The van der Waals surface area contributed by atoms with Gasteiger partial charge in [0.1, 0.15) is 6.10 Å². The highest BCUT2D eigenvalue weighted by Crippen LogP contribution is 2.21. The van der Waals surface area contributed by atoms with Crippen LogP contribution in [0.15, 0.2) is 42.2 Å². The molecule has 21 heavy (non-hydrogen) atoms. The standard InChI is InChI=1S/C18H27IO2/c1-14(2)11-21-18(15(3)10-19)16(4)12-20-13-17-8-6-5-7-9-17/h5-9,11,15-16,18H,10,12-13H2,1-4H3/t15-,16-,18+/m0/s1. The van der Waals surface area contributed by atoms with Crippen LogP contribution in [0.3, 0.4) is 0 Å². The number of hydrogen-bond donors (Lipinski definition) is 0. The largest absolute Gasteiger partial charge is 0.497 e. The molecule has 2 nitrogen and oxygen atoms in total. The van der Waals surface area contributed by atoms with E-state index in [1.165, 1.54) is 11.1 Å². The van der Waals surface area contributed by atoms with Gasteiger partial charge in [-0.25, -0.2) is 0 Å². The van der Waals surface area contributed by atoms with Crippen LogP contribution < -0.4 is 0 Å². The van der Waals surface area contributed by atoms with Gasteiger partial charge < -0.3 is 9.47 Å². The second kappa shape index (κ2) is 10.2. The van der Waals surface area contributed by atoms with Gasteiger partial charge in [-0.3, -0.25) is 0 Å². The summed E-state index contributed by atoms with van der Waals surface area (Å²) in [7, 11) is 0. The Morgan fingerprint density at radius 2 is 1.81 bits per heavy atom. The van der Waals surface area contributed by atoms with Crippen LogP contribution in [0, 0.1) is 11.8 Å². The van der Waals surface area contributed by atoms with Gasteiger partial charge in [0, 0.05) is 16.3 Å². The van der Waals surface area contributed by atoms with E-state index in [-0.39, 0.29) is 6.10 Å². The predicted octanol–water partition coefficient (Wildman–Crippen LogP) is 5.22. The molecule has 0 unspecified atom stereocenters. The predicted molar refractivity (Wildman–Crippen MR) is 97.6 cm³/mol. The summed E-state index contributed by atoms with van der Waals surface area (Å²) in [4.78, 5) is 0. The van der Waals surface area contributed by atoms with Crippen molar-refractivity contribution in [3.8, 4) is 0 Å². The Hall–Kier alpha value is -0.550. The average Bonchev–Trinajstić information content (AvgIpc) is 2.48. The average molecular weight is 402 g/mol. The fraction of sp³-hybridized carbons (Fsp3) is 0.556. The molecule has 0 aliphatic heterocycles. The van der Waals surface area contributed by atoms with E-state index >= 15 is 0 Å². The zero-order chi connectivity index (χ0) is 15.7. The van der Waals surface area contributed by atoms with Crippen molar-refractivity contribution in [3.63, 3.8) is 0 Å². The first-order valence-corrected chi connectivity index (χ1v) is 9.03. The van der Waals surface area contributed by atoms with Gasteiger partial charge >= 0.3 is 0 Å². The van der Waals surface area contributed by atoms with E-state index in [0.717, 1.165) is 11.0 Å². The molecule has 0 heterocycles. The summed E-state index contributed by atoms with van der Waals surface area (Å²) in [6.45, 7) is 9.95. The molecule has 0 spiro atoms. The van der Waals surface area contributed by atoms with Crippen molar-refractivity contribution in [2.24, 2.45) is 11.8 Å². The van der Waals surface area contributed by atoms with Crippen molar-refractivity contribution in [2.45, 2.75) is 40.4 Å². The highest BCUT2D eigenvalue weighted by Gasteiger charge is 2.24. The Balaban J connectivity index is 2.48. The second-order valence-corrected chi connectivity index (χ2v) is 6.79. The summed E-state index contributed by atoms with van der Waals surface area (Å²) in [5.74, 6) is 0.880. The smallest absolute Gasteiger partial charge is 0.106 e. The molecule has 0 fully saturated rings. The maximum absolute atomic E-state index is 5.97. The summed E-state index contributed by atoms with van der Waals surface area (Å²) < 4.78 is 12.9. The van der Waals surface area contributed by atoms with Crippen molar-refractivity contribution in [3.05, 3.63) is 47.7 Å². The van der Waals surface area contributed by atoms with Crippen LogP contribution in [0.4, 0.5) is 0 Å². The second-order valence-electron chi connectivity index (χ2n) is 5.91. The molecule has 1 aromatic rings. The monoisotopic (exact) mass is 402 g/mol. The Kier molecular flexibility index (Phi) is 9.00. The highest BCUT2D eigenvalue weighted by molar-refractivity contribution is 14.1. The van der Waals surface area contributed by atoms with Gasteiger partial charge in [0.25, 0.3) is 0 Å². The van der Waals surface area contributed by atoms with Gasteiger partial charge in [-0.2, -0.15) is 0 Å². The van der Waals surface area contributed by atoms with E-state index in [1.54, 1.807) is 0 Å². The van der Waals surface area contributed by atoms with Crippen LogP contribution in [-0.2, 0) is 16.1 Å². The number of ether oxygens (including phenoxy) is 2. The molecule has 0 saturated carbocycles. The zero-order valence-electron chi connectivity index (χ0n) is 13.5. The number of benzene rings is 1. The van der Waals surface area contributed by atoms with Gasteiger partial charge in [-0.05, 0) is 25.0 Å². The van der Waals surface area contributed by atoms with Crippen LogP contribution in [0.25, 0.3) is 0 Å². The Bertz CT molecular complexity index is 412. The topological polar surface area (TPSA) is 18.5 Å². The van der Waals surface area contributed by atoms with Gasteiger partial charge in [-0.1, -0.05) is 66.8 Å². The minimum absolute atomic E-state index is 0.201. The summed E-state index contributed by atoms with van der Waals surface area (Å²) >= 11 is 2.42. The zero-order valence-corrected chi connectivity index (χ0v) is 15.7. The molecule has 0 amide bonds. The molecule has 0 N–H and O–H groups in total. The molecule has 0 aliphatic carbocycles. The molecule has 0 aliphatic rings. The third kappa shape index (κ3) is 7.32. The summed E-state index contributed by atoms with van der Waals surface area (Å²) in [5.41, 5.74) is 2.41. The SMILES string of the molecule is CC(C)=CO[C@H]([C@@H](C)CI)[C@@H](C)COCc1ccccc1. The minimum atomic E-state index is 0.201. The van der Waals surface area contributed by atoms with Crippen molar-refractivity contribution in [2.75, 3.05) is 11.0 Å². The molecule has 3 atom stereocenters. The van der Waals surface area contributed by atoms with E-state index in [4.69, 9.17) is 9.47 Å². The van der Waals surface area contributed by atoms with Gasteiger partial charge in [0.05, 0.1) is 19.5 Å². The summed E-state index contributed by atoms with van der Waals surface area (Å²) in [5, 5.41) is 0. The van der Waals surface area contributed by atoms with Crippen LogP contribution in [-0.4, -0.2) is 17.1 Å².